The molecule has 4 nitrogen and oxygen atoms in total. The van der Waals surface area contributed by atoms with Gasteiger partial charge in [0.25, 0.3) is 0 Å². The number of rotatable bonds is 2. The van der Waals surface area contributed by atoms with Crippen LogP contribution in [0.25, 0.3) is 11.4 Å². The first-order chi connectivity index (χ1) is 7.19. The van der Waals surface area contributed by atoms with Crippen molar-refractivity contribution in [2.24, 2.45) is 0 Å². The van der Waals surface area contributed by atoms with Crippen molar-refractivity contribution in [2.75, 3.05) is 7.11 Å². The lowest BCUT2D eigenvalue weighted by Crippen LogP contribution is -1.90. The highest BCUT2D eigenvalue weighted by Crippen LogP contribution is 2.19. The summed E-state index contributed by atoms with van der Waals surface area (Å²) in [6, 6.07) is 5.70. The lowest BCUT2D eigenvalue weighted by Gasteiger charge is -1.99. The Morgan fingerprint density at radius 3 is 2.73 bits per heavy atom. The smallest absolute Gasteiger partial charge is 0.197 e. The van der Waals surface area contributed by atoms with Gasteiger partial charge in [-0.05, 0) is 31.3 Å². The van der Waals surface area contributed by atoms with Gasteiger partial charge in [0.1, 0.15) is 0 Å². The molecule has 15 heavy (non-hydrogen) atoms. The number of aromatic amines is 2. The second-order valence-corrected chi connectivity index (χ2v) is 3.58. The lowest BCUT2D eigenvalue weighted by molar-refractivity contribution is 0.401. The molecule has 2 rings (SSSR count). The molecule has 2 aromatic rings. The number of aromatic nitrogens is 3. The molecule has 0 aliphatic heterocycles. The molecule has 0 fully saturated rings. The predicted octanol–water partition coefficient (Wildman–Crippen LogP) is 2.45. The van der Waals surface area contributed by atoms with E-state index in [1.807, 2.05) is 25.1 Å². The third kappa shape index (κ3) is 2.07. The van der Waals surface area contributed by atoms with E-state index in [0.717, 1.165) is 17.1 Å². The van der Waals surface area contributed by atoms with Gasteiger partial charge in [-0.25, -0.2) is 4.98 Å². The van der Waals surface area contributed by atoms with Crippen molar-refractivity contribution in [3.05, 3.63) is 28.7 Å². The molecule has 0 atom stereocenters. The van der Waals surface area contributed by atoms with E-state index in [-0.39, 0.29) is 0 Å². The number of hydrogen-bond acceptors (Lipinski definition) is 3. The Labute approximate surface area is 92.3 Å². The number of hydrogen-bond donors (Lipinski definition) is 2. The monoisotopic (exact) mass is 221 g/mol. The van der Waals surface area contributed by atoms with Crippen LogP contribution in [0, 0.1) is 11.7 Å². The zero-order chi connectivity index (χ0) is 10.8. The molecule has 0 aliphatic carbocycles. The van der Waals surface area contributed by atoms with E-state index in [0.29, 0.717) is 10.7 Å². The molecular formula is C10H11N3OS. The predicted molar refractivity (Wildman–Crippen MR) is 60.5 cm³/mol. The number of methoxy groups -OCH3 is 1. The maximum absolute atomic E-state index is 5.06. The van der Waals surface area contributed by atoms with E-state index in [1.54, 1.807) is 7.11 Å². The van der Waals surface area contributed by atoms with Crippen LogP contribution in [0.4, 0.5) is 0 Å². The van der Waals surface area contributed by atoms with Gasteiger partial charge in [-0.15, -0.1) is 0 Å². The first kappa shape index (κ1) is 9.92. The minimum Gasteiger partial charge on any atom is -0.482 e. The largest absolute Gasteiger partial charge is 0.482 e. The highest BCUT2D eigenvalue weighted by Gasteiger charge is 2.03. The third-order valence-corrected chi connectivity index (χ3v) is 2.23. The van der Waals surface area contributed by atoms with Gasteiger partial charge in [-0.2, -0.15) is 0 Å². The van der Waals surface area contributed by atoms with Gasteiger partial charge in [-0.1, -0.05) is 0 Å². The summed E-state index contributed by atoms with van der Waals surface area (Å²) in [6.07, 6.45) is 0. The van der Waals surface area contributed by atoms with Crippen LogP contribution in [0.2, 0.25) is 0 Å². The normalized spacial score (nSPS) is 10.3. The highest BCUT2D eigenvalue weighted by molar-refractivity contribution is 7.71. The summed E-state index contributed by atoms with van der Waals surface area (Å²) in [5.74, 6) is 0.711. The summed E-state index contributed by atoms with van der Waals surface area (Å²) >= 11 is 5.01. The number of nitrogens with one attached hydrogen (secondary N) is 2. The van der Waals surface area contributed by atoms with Gasteiger partial charge < -0.3 is 14.7 Å². The van der Waals surface area contributed by atoms with Crippen molar-refractivity contribution >= 4 is 12.2 Å². The fraction of sp³-hybridized carbons (Fsp3) is 0.200. The second kappa shape index (κ2) is 3.86. The van der Waals surface area contributed by atoms with Crippen LogP contribution >= 0.6 is 12.2 Å². The summed E-state index contributed by atoms with van der Waals surface area (Å²) in [6.45, 7) is 1.95. The van der Waals surface area contributed by atoms with Gasteiger partial charge in [0.15, 0.2) is 10.7 Å². The number of aryl methyl sites for hydroxylation is 1. The molecule has 5 heteroatoms. The topological polar surface area (TPSA) is 53.7 Å². The Hall–Kier alpha value is -1.62. The minimum atomic E-state index is 0.485. The van der Waals surface area contributed by atoms with E-state index in [4.69, 9.17) is 17.0 Å². The minimum absolute atomic E-state index is 0.485. The molecular weight excluding hydrogens is 210 g/mol. The summed E-state index contributed by atoms with van der Waals surface area (Å²) in [5.41, 5.74) is 2.70. The van der Waals surface area contributed by atoms with Crippen LogP contribution in [0.5, 0.6) is 5.88 Å². The highest BCUT2D eigenvalue weighted by atomic mass is 32.1. The Morgan fingerprint density at radius 1 is 1.33 bits per heavy atom. The van der Waals surface area contributed by atoms with Crippen LogP contribution in [0.1, 0.15) is 5.69 Å². The average Bonchev–Trinajstić information content (AvgIpc) is 2.64. The SMILES string of the molecule is COc1ccc(-c2cc(C)[nH]c(=S)n2)[nH]1. The molecule has 0 unspecified atom stereocenters. The van der Waals surface area contributed by atoms with Crippen molar-refractivity contribution in [1.29, 1.82) is 0 Å². The van der Waals surface area contributed by atoms with Crippen LogP contribution in [0.15, 0.2) is 18.2 Å². The Balaban J connectivity index is 2.48. The van der Waals surface area contributed by atoms with Crippen molar-refractivity contribution < 1.29 is 4.74 Å². The van der Waals surface area contributed by atoms with Crippen LogP contribution < -0.4 is 4.74 Å². The first-order valence-corrected chi connectivity index (χ1v) is 4.91. The van der Waals surface area contributed by atoms with Gasteiger partial charge in [-0.3, -0.25) is 0 Å². The molecule has 0 radical (unpaired) electrons. The fourth-order valence-corrected chi connectivity index (χ4v) is 1.62. The summed E-state index contributed by atoms with van der Waals surface area (Å²) < 4.78 is 5.54. The van der Waals surface area contributed by atoms with Crippen molar-refractivity contribution in [3.8, 4) is 17.3 Å². The van der Waals surface area contributed by atoms with E-state index < -0.39 is 0 Å². The molecule has 2 N–H and O–H groups in total. The molecule has 78 valence electrons. The van der Waals surface area contributed by atoms with Gasteiger partial charge >= 0.3 is 0 Å². The third-order valence-electron chi connectivity index (χ3n) is 2.03. The second-order valence-electron chi connectivity index (χ2n) is 3.19. The Kier molecular flexibility index (Phi) is 2.55. The summed E-state index contributed by atoms with van der Waals surface area (Å²) in [4.78, 5) is 10.3. The zero-order valence-electron chi connectivity index (χ0n) is 8.50. The zero-order valence-corrected chi connectivity index (χ0v) is 9.31. The van der Waals surface area contributed by atoms with Crippen LogP contribution in [-0.4, -0.2) is 22.1 Å². The average molecular weight is 221 g/mol. The van der Waals surface area contributed by atoms with Crippen molar-refractivity contribution in [3.63, 3.8) is 0 Å². The van der Waals surface area contributed by atoms with E-state index in [2.05, 4.69) is 15.0 Å². The maximum atomic E-state index is 5.06. The van der Waals surface area contributed by atoms with Crippen LogP contribution in [-0.2, 0) is 0 Å². The molecule has 0 amide bonds. The fourth-order valence-electron chi connectivity index (χ4n) is 1.36. The summed E-state index contributed by atoms with van der Waals surface area (Å²) in [5, 5.41) is 0. The quantitative estimate of drug-likeness (QED) is 0.766. The van der Waals surface area contributed by atoms with Gasteiger partial charge in [0.2, 0.25) is 0 Å². The van der Waals surface area contributed by atoms with Crippen molar-refractivity contribution in [2.45, 2.75) is 6.92 Å². The lowest BCUT2D eigenvalue weighted by atomic mass is 10.3. The number of H-pyrrole nitrogens is 2. The molecule has 0 bridgehead atoms. The molecule has 2 heterocycles. The van der Waals surface area contributed by atoms with Gasteiger partial charge in [0, 0.05) is 11.8 Å². The maximum Gasteiger partial charge on any atom is 0.197 e. The van der Waals surface area contributed by atoms with Gasteiger partial charge in [0.05, 0.1) is 18.5 Å². The molecule has 0 aromatic carbocycles. The first-order valence-electron chi connectivity index (χ1n) is 4.50. The molecule has 0 aliphatic rings. The van der Waals surface area contributed by atoms with Crippen LogP contribution in [0.3, 0.4) is 0 Å². The number of nitrogens with zero attached hydrogens (tertiary/aromatic N) is 1. The van der Waals surface area contributed by atoms with Crippen molar-refractivity contribution in [1.82, 2.24) is 15.0 Å². The summed E-state index contributed by atoms with van der Waals surface area (Å²) in [7, 11) is 1.62. The molecule has 0 saturated heterocycles. The molecule has 0 saturated carbocycles. The Morgan fingerprint density at radius 2 is 2.13 bits per heavy atom. The van der Waals surface area contributed by atoms with E-state index in [1.165, 1.54) is 0 Å². The van der Waals surface area contributed by atoms with E-state index >= 15 is 0 Å². The Bertz CT molecular complexity index is 529. The number of ether oxygens (including phenoxy) is 1. The molecule has 2 aromatic heterocycles. The molecule has 0 spiro atoms. The van der Waals surface area contributed by atoms with E-state index in [9.17, 15) is 0 Å². The standard InChI is InChI=1S/C10H11N3OS/c1-6-5-8(13-10(15)11-6)7-3-4-9(12-7)14-2/h3-5,12H,1-2H3,(H,11,13,15).